The van der Waals surface area contributed by atoms with Crippen LogP contribution < -0.4 is 5.32 Å². The molecule has 0 aliphatic rings. The standard InChI is InChI=1S/C17H22ClN3O2/c1-4-21(10-16(22)20-12(2)3)11-17-19-9-15(23-17)13-6-5-7-14(18)8-13/h5-9,12H,4,10-11H2,1-3H3,(H,20,22). The van der Waals surface area contributed by atoms with Crippen LogP contribution in [0.5, 0.6) is 0 Å². The Morgan fingerprint density at radius 1 is 1.43 bits per heavy atom. The summed E-state index contributed by atoms with van der Waals surface area (Å²) in [6, 6.07) is 7.57. The summed E-state index contributed by atoms with van der Waals surface area (Å²) in [4.78, 5) is 18.1. The summed E-state index contributed by atoms with van der Waals surface area (Å²) in [5.74, 6) is 1.26. The molecule has 0 saturated heterocycles. The van der Waals surface area contributed by atoms with Gasteiger partial charge in [-0.2, -0.15) is 0 Å². The molecule has 0 radical (unpaired) electrons. The number of hydrogen-bond acceptors (Lipinski definition) is 4. The Balaban J connectivity index is 2.01. The number of aromatic nitrogens is 1. The van der Waals surface area contributed by atoms with Gasteiger partial charge in [-0.25, -0.2) is 4.98 Å². The maximum absolute atomic E-state index is 11.9. The van der Waals surface area contributed by atoms with E-state index in [0.717, 1.165) is 12.1 Å². The highest BCUT2D eigenvalue weighted by Crippen LogP contribution is 2.23. The van der Waals surface area contributed by atoms with Gasteiger partial charge in [0.15, 0.2) is 5.76 Å². The largest absolute Gasteiger partial charge is 0.439 e. The molecule has 1 heterocycles. The number of rotatable bonds is 7. The van der Waals surface area contributed by atoms with Gasteiger partial charge in [-0.05, 0) is 32.5 Å². The molecular formula is C17H22ClN3O2. The maximum Gasteiger partial charge on any atom is 0.234 e. The minimum absolute atomic E-state index is 0.00321. The lowest BCUT2D eigenvalue weighted by atomic mass is 10.2. The van der Waals surface area contributed by atoms with Gasteiger partial charge in [0.1, 0.15) is 0 Å². The number of oxazole rings is 1. The quantitative estimate of drug-likeness (QED) is 0.843. The van der Waals surface area contributed by atoms with E-state index in [2.05, 4.69) is 10.3 Å². The topological polar surface area (TPSA) is 58.4 Å². The number of nitrogens with one attached hydrogen (secondary N) is 1. The highest BCUT2D eigenvalue weighted by atomic mass is 35.5. The van der Waals surface area contributed by atoms with Gasteiger partial charge in [0, 0.05) is 16.6 Å². The predicted molar refractivity (Wildman–Crippen MR) is 91.2 cm³/mol. The van der Waals surface area contributed by atoms with Gasteiger partial charge in [-0.1, -0.05) is 30.7 Å². The first-order chi connectivity index (χ1) is 11.0. The van der Waals surface area contributed by atoms with Gasteiger partial charge in [-0.15, -0.1) is 0 Å². The third kappa shape index (κ3) is 5.37. The fourth-order valence-corrected chi connectivity index (χ4v) is 2.39. The second-order valence-electron chi connectivity index (χ2n) is 5.65. The van der Waals surface area contributed by atoms with E-state index in [1.54, 1.807) is 6.20 Å². The minimum Gasteiger partial charge on any atom is -0.439 e. The molecule has 23 heavy (non-hydrogen) atoms. The molecule has 1 aromatic heterocycles. The van der Waals surface area contributed by atoms with Gasteiger partial charge in [0.25, 0.3) is 0 Å². The molecule has 0 spiro atoms. The summed E-state index contributed by atoms with van der Waals surface area (Å²) in [5.41, 5.74) is 0.886. The van der Waals surface area contributed by atoms with E-state index in [4.69, 9.17) is 16.0 Å². The Morgan fingerprint density at radius 2 is 2.22 bits per heavy atom. The van der Waals surface area contributed by atoms with E-state index in [-0.39, 0.29) is 11.9 Å². The number of carbonyl (C=O) groups excluding carboxylic acids is 1. The zero-order valence-corrected chi connectivity index (χ0v) is 14.4. The van der Waals surface area contributed by atoms with Crippen LogP contribution in [-0.4, -0.2) is 34.9 Å². The number of hydrogen-bond donors (Lipinski definition) is 1. The number of likely N-dealkylation sites (N-methyl/N-ethyl adjacent to an activating group) is 1. The average molecular weight is 336 g/mol. The molecule has 124 valence electrons. The fraction of sp³-hybridized carbons (Fsp3) is 0.412. The van der Waals surface area contributed by atoms with E-state index in [1.165, 1.54) is 0 Å². The zero-order chi connectivity index (χ0) is 16.8. The molecule has 6 heteroatoms. The van der Waals surface area contributed by atoms with E-state index in [9.17, 15) is 4.79 Å². The average Bonchev–Trinajstić information content (AvgIpc) is 2.94. The van der Waals surface area contributed by atoms with Gasteiger partial charge >= 0.3 is 0 Å². The molecule has 1 aromatic carbocycles. The van der Waals surface area contributed by atoms with Crippen molar-refractivity contribution >= 4 is 17.5 Å². The van der Waals surface area contributed by atoms with Crippen molar-refractivity contribution in [1.29, 1.82) is 0 Å². The monoisotopic (exact) mass is 335 g/mol. The van der Waals surface area contributed by atoms with E-state index >= 15 is 0 Å². The van der Waals surface area contributed by atoms with Crippen LogP contribution in [0, 0.1) is 0 Å². The van der Waals surface area contributed by atoms with E-state index in [1.807, 2.05) is 49.9 Å². The Labute approximate surface area is 141 Å². The molecule has 2 rings (SSSR count). The summed E-state index contributed by atoms with van der Waals surface area (Å²) in [6.07, 6.45) is 1.68. The van der Waals surface area contributed by atoms with Crippen LogP contribution in [0.15, 0.2) is 34.9 Å². The van der Waals surface area contributed by atoms with Crippen LogP contribution >= 0.6 is 11.6 Å². The predicted octanol–water partition coefficient (Wildman–Crippen LogP) is 3.34. The lowest BCUT2D eigenvalue weighted by Crippen LogP contribution is -2.39. The summed E-state index contributed by atoms with van der Waals surface area (Å²) >= 11 is 5.99. The van der Waals surface area contributed by atoms with E-state index < -0.39 is 0 Å². The second-order valence-corrected chi connectivity index (χ2v) is 6.09. The van der Waals surface area contributed by atoms with Crippen LogP contribution in [0.1, 0.15) is 26.7 Å². The fourth-order valence-electron chi connectivity index (χ4n) is 2.20. The van der Waals surface area contributed by atoms with Crippen molar-refractivity contribution in [2.45, 2.75) is 33.4 Å². The lowest BCUT2D eigenvalue weighted by molar-refractivity contribution is -0.122. The van der Waals surface area contributed by atoms with Crippen molar-refractivity contribution in [3.8, 4) is 11.3 Å². The molecule has 2 aromatic rings. The van der Waals surface area contributed by atoms with Crippen molar-refractivity contribution in [3.05, 3.63) is 41.4 Å². The maximum atomic E-state index is 11.9. The van der Waals surface area contributed by atoms with Gasteiger partial charge < -0.3 is 9.73 Å². The number of nitrogens with zero attached hydrogens (tertiary/aromatic N) is 2. The molecule has 0 unspecified atom stereocenters. The summed E-state index contributed by atoms with van der Waals surface area (Å²) in [5, 5.41) is 3.54. The molecular weight excluding hydrogens is 314 g/mol. The molecule has 0 bridgehead atoms. The number of benzene rings is 1. The van der Waals surface area contributed by atoms with Crippen molar-refractivity contribution in [2.24, 2.45) is 0 Å². The minimum atomic E-state index is 0.00321. The van der Waals surface area contributed by atoms with Crippen molar-refractivity contribution in [2.75, 3.05) is 13.1 Å². The van der Waals surface area contributed by atoms with Crippen LogP contribution in [0.2, 0.25) is 5.02 Å². The summed E-state index contributed by atoms with van der Waals surface area (Å²) < 4.78 is 5.78. The molecule has 5 nitrogen and oxygen atoms in total. The van der Waals surface area contributed by atoms with Crippen LogP contribution in [0.25, 0.3) is 11.3 Å². The highest BCUT2D eigenvalue weighted by molar-refractivity contribution is 6.30. The van der Waals surface area contributed by atoms with Crippen LogP contribution in [-0.2, 0) is 11.3 Å². The Kier molecular flexibility index (Phi) is 6.19. The molecule has 0 atom stereocenters. The summed E-state index contributed by atoms with van der Waals surface area (Å²) in [7, 11) is 0. The van der Waals surface area contributed by atoms with Crippen molar-refractivity contribution in [1.82, 2.24) is 15.2 Å². The third-order valence-corrected chi connectivity index (χ3v) is 3.52. The SMILES string of the molecule is CCN(CC(=O)NC(C)C)Cc1ncc(-c2cccc(Cl)c2)o1. The molecule has 0 aliphatic carbocycles. The highest BCUT2D eigenvalue weighted by Gasteiger charge is 2.14. The third-order valence-electron chi connectivity index (χ3n) is 3.29. The number of amides is 1. The first kappa shape index (κ1) is 17.5. The molecule has 0 aliphatic heterocycles. The molecule has 0 saturated carbocycles. The Bertz CT molecular complexity index is 655. The molecule has 0 fully saturated rings. The lowest BCUT2D eigenvalue weighted by Gasteiger charge is -2.18. The second kappa shape index (κ2) is 8.13. The van der Waals surface area contributed by atoms with Gasteiger partial charge in [0.2, 0.25) is 11.8 Å². The Morgan fingerprint density at radius 3 is 2.87 bits per heavy atom. The van der Waals surface area contributed by atoms with Crippen LogP contribution in [0.3, 0.4) is 0 Å². The molecule has 1 N–H and O–H groups in total. The van der Waals surface area contributed by atoms with Gasteiger partial charge in [-0.3, -0.25) is 9.69 Å². The van der Waals surface area contributed by atoms with Crippen molar-refractivity contribution < 1.29 is 9.21 Å². The molecule has 1 amide bonds. The zero-order valence-electron chi connectivity index (χ0n) is 13.7. The van der Waals surface area contributed by atoms with Crippen LogP contribution in [0.4, 0.5) is 0 Å². The Hall–Kier alpha value is -1.85. The first-order valence-corrected chi connectivity index (χ1v) is 8.08. The summed E-state index contributed by atoms with van der Waals surface area (Å²) in [6.45, 7) is 7.44. The number of halogens is 1. The number of carbonyl (C=O) groups is 1. The van der Waals surface area contributed by atoms with E-state index in [0.29, 0.717) is 29.8 Å². The normalized spacial score (nSPS) is 11.2. The smallest absolute Gasteiger partial charge is 0.234 e. The van der Waals surface area contributed by atoms with Gasteiger partial charge in [0.05, 0.1) is 19.3 Å². The van der Waals surface area contributed by atoms with Crippen molar-refractivity contribution in [3.63, 3.8) is 0 Å². The first-order valence-electron chi connectivity index (χ1n) is 7.70.